The van der Waals surface area contributed by atoms with Gasteiger partial charge >= 0.3 is 0 Å². The van der Waals surface area contributed by atoms with Gasteiger partial charge in [0.05, 0.1) is 28.7 Å². The number of aromatic nitrogens is 2. The van der Waals surface area contributed by atoms with Crippen LogP contribution in [-0.2, 0) is 22.8 Å². The number of sulfone groups is 1. The first-order valence-corrected chi connectivity index (χ1v) is 7.87. The highest BCUT2D eigenvalue weighted by Gasteiger charge is 2.43. The van der Waals surface area contributed by atoms with E-state index in [1.54, 1.807) is 0 Å². The van der Waals surface area contributed by atoms with Crippen LogP contribution in [0.1, 0.15) is 24.7 Å². The first-order chi connectivity index (χ1) is 8.40. The van der Waals surface area contributed by atoms with Crippen molar-refractivity contribution in [3.63, 3.8) is 0 Å². The summed E-state index contributed by atoms with van der Waals surface area (Å²) >= 11 is 0. The fourth-order valence-corrected chi connectivity index (χ4v) is 4.54. The Hall–Kier alpha value is -1.35. The topological polar surface area (TPSA) is 75.8 Å². The summed E-state index contributed by atoms with van der Waals surface area (Å²) in [7, 11) is -3.05. The van der Waals surface area contributed by atoms with Crippen LogP contribution in [-0.4, -0.2) is 29.7 Å². The van der Waals surface area contributed by atoms with E-state index >= 15 is 0 Å². The summed E-state index contributed by atoms with van der Waals surface area (Å²) in [5, 5.41) is 13.7. The molecule has 0 spiro atoms. The monoisotopic (exact) mass is 267 g/mol. The van der Waals surface area contributed by atoms with Crippen molar-refractivity contribution in [1.82, 2.24) is 9.78 Å². The zero-order chi connectivity index (χ0) is 13.4. The molecule has 1 saturated heterocycles. The Kier molecular flexibility index (Phi) is 3.20. The van der Waals surface area contributed by atoms with E-state index in [2.05, 4.69) is 11.2 Å². The first-order valence-electron chi connectivity index (χ1n) is 6.05. The van der Waals surface area contributed by atoms with Crippen LogP contribution in [0.2, 0.25) is 0 Å². The molecular weight excluding hydrogens is 250 g/mol. The second-order valence-electron chi connectivity index (χ2n) is 5.00. The van der Waals surface area contributed by atoms with Crippen LogP contribution in [0.4, 0.5) is 0 Å². The molecule has 98 valence electrons. The minimum atomic E-state index is -3.05. The smallest absolute Gasteiger partial charge is 0.151 e. The average Bonchev–Trinajstić information content (AvgIpc) is 2.80. The SMILES string of the molecule is CCn1nc(C)cc1CC1(C#N)CCS(=O)(=O)C1. The summed E-state index contributed by atoms with van der Waals surface area (Å²) in [6, 6.07) is 4.16. The van der Waals surface area contributed by atoms with E-state index in [1.165, 1.54) is 0 Å². The second-order valence-corrected chi connectivity index (χ2v) is 7.19. The minimum absolute atomic E-state index is 0.0234. The van der Waals surface area contributed by atoms with Gasteiger partial charge < -0.3 is 0 Å². The summed E-state index contributed by atoms with van der Waals surface area (Å²) in [5.41, 5.74) is 1.09. The molecule has 0 aliphatic carbocycles. The standard InChI is InChI=1S/C12H17N3O2S/c1-3-15-11(6-10(2)14-15)7-12(8-13)4-5-18(16,17)9-12/h6H,3-5,7,9H2,1-2H3. The molecular formula is C12H17N3O2S. The molecule has 0 amide bonds. The lowest BCUT2D eigenvalue weighted by Crippen LogP contribution is -2.24. The molecule has 18 heavy (non-hydrogen) atoms. The van der Waals surface area contributed by atoms with Crippen molar-refractivity contribution in [1.29, 1.82) is 5.26 Å². The quantitative estimate of drug-likeness (QED) is 0.821. The van der Waals surface area contributed by atoms with E-state index in [0.717, 1.165) is 17.9 Å². The number of rotatable bonds is 3. The van der Waals surface area contributed by atoms with Crippen LogP contribution in [0.5, 0.6) is 0 Å². The molecule has 1 aliphatic rings. The molecule has 1 unspecified atom stereocenters. The molecule has 0 N–H and O–H groups in total. The Morgan fingerprint density at radius 3 is 2.83 bits per heavy atom. The van der Waals surface area contributed by atoms with Crippen LogP contribution in [0, 0.1) is 23.7 Å². The van der Waals surface area contributed by atoms with E-state index < -0.39 is 15.3 Å². The lowest BCUT2D eigenvalue weighted by atomic mass is 9.84. The normalized spacial score (nSPS) is 26.1. The van der Waals surface area contributed by atoms with Gasteiger partial charge in [-0.1, -0.05) is 0 Å². The molecule has 0 radical (unpaired) electrons. The van der Waals surface area contributed by atoms with E-state index in [9.17, 15) is 13.7 Å². The summed E-state index contributed by atoms with van der Waals surface area (Å²) in [6.07, 6.45) is 0.900. The van der Waals surface area contributed by atoms with Gasteiger partial charge in [0.1, 0.15) is 0 Å². The van der Waals surface area contributed by atoms with Crippen LogP contribution in [0.15, 0.2) is 6.07 Å². The number of nitriles is 1. The van der Waals surface area contributed by atoms with Gasteiger partial charge in [-0.25, -0.2) is 8.42 Å². The van der Waals surface area contributed by atoms with Gasteiger partial charge in [-0.05, 0) is 26.3 Å². The van der Waals surface area contributed by atoms with Crippen LogP contribution in [0.25, 0.3) is 0 Å². The van der Waals surface area contributed by atoms with Gasteiger partial charge in [-0.15, -0.1) is 0 Å². The fraction of sp³-hybridized carbons (Fsp3) is 0.667. The van der Waals surface area contributed by atoms with Crippen molar-refractivity contribution in [3.8, 4) is 6.07 Å². The maximum absolute atomic E-state index is 11.6. The molecule has 6 heteroatoms. The van der Waals surface area contributed by atoms with Gasteiger partial charge in [-0.2, -0.15) is 10.4 Å². The molecule has 1 atom stereocenters. The molecule has 2 heterocycles. The third-order valence-corrected chi connectivity index (χ3v) is 5.25. The average molecular weight is 267 g/mol. The van der Waals surface area contributed by atoms with Crippen molar-refractivity contribution in [3.05, 3.63) is 17.5 Å². The van der Waals surface area contributed by atoms with Gasteiger partial charge in [0.25, 0.3) is 0 Å². The van der Waals surface area contributed by atoms with Crippen molar-refractivity contribution in [2.45, 2.75) is 33.2 Å². The maximum Gasteiger partial charge on any atom is 0.151 e. The number of nitrogens with zero attached hydrogens (tertiary/aromatic N) is 3. The molecule has 1 aromatic rings. The van der Waals surface area contributed by atoms with Crippen molar-refractivity contribution in [2.75, 3.05) is 11.5 Å². The Morgan fingerprint density at radius 2 is 2.33 bits per heavy atom. The van der Waals surface area contributed by atoms with Gasteiger partial charge in [0.2, 0.25) is 0 Å². The maximum atomic E-state index is 11.6. The highest BCUT2D eigenvalue weighted by molar-refractivity contribution is 7.91. The third kappa shape index (κ3) is 2.41. The fourth-order valence-electron chi connectivity index (χ4n) is 2.55. The zero-order valence-corrected chi connectivity index (χ0v) is 11.5. The Morgan fingerprint density at radius 1 is 1.61 bits per heavy atom. The Balaban J connectivity index is 2.30. The van der Waals surface area contributed by atoms with E-state index in [0.29, 0.717) is 12.8 Å². The van der Waals surface area contributed by atoms with E-state index in [4.69, 9.17) is 0 Å². The Bertz CT molecular complexity index is 597. The summed E-state index contributed by atoms with van der Waals surface area (Å²) in [6.45, 7) is 4.62. The first kappa shape index (κ1) is 13.1. The van der Waals surface area contributed by atoms with Crippen molar-refractivity contribution >= 4 is 9.84 Å². The Labute approximate surface area is 107 Å². The van der Waals surface area contributed by atoms with Crippen LogP contribution in [0.3, 0.4) is 0 Å². The van der Waals surface area contributed by atoms with E-state index in [1.807, 2.05) is 24.6 Å². The predicted molar refractivity (Wildman–Crippen MR) is 67.7 cm³/mol. The molecule has 1 fully saturated rings. The van der Waals surface area contributed by atoms with Crippen LogP contribution < -0.4 is 0 Å². The molecule has 0 saturated carbocycles. The highest BCUT2D eigenvalue weighted by atomic mass is 32.2. The van der Waals surface area contributed by atoms with Gasteiger partial charge in [0, 0.05) is 18.7 Å². The lowest BCUT2D eigenvalue weighted by molar-refractivity contribution is 0.430. The highest BCUT2D eigenvalue weighted by Crippen LogP contribution is 2.35. The number of hydrogen-bond donors (Lipinski definition) is 0. The third-order valence-electron chi connectivity index (χ3n) is 3.43. The van der Waals surface area contributed by atoms with Gasteiger partial charge in [0.15, 0.2) is 9.84 Å². The van der Waals surface area contributed by atoms with Crippen LogP contribution >= 0.6 is 0 Å². The van der Waals surface area contributed by atoms with Crippen molar-refractivity contribution in [2.24, 2.45) is 5.41 Å². The molecule has 1 aliphatic heterocycles. The predicted octanol–water partition coefficient (Wildman–Crippen LogP) is 1.08. The van der Waals surface area contributed by atoms with Crippen molar-refractivity contribution < 1.29 is 8.42 Å². The largest absolute Gasteiger partial charge is 0.270 e. The number of hydrogen-bond acceptors (Lipinski definition) is 4. The summed E-state index contributed by atoms with van der Waals surface area (Å²) in [5.74, 6) is 0.101. The molecule has 5 nitrogen and oxygen atoms in total. The molecule has 0 bridgehead atoms. The molecule has 2 rings (SSSR count). The minimum Gasteiger partial charge on any atom is -0.270 e. The lowest BCUT2D eigenvalue weighted by Gasteiger charge is -2.18. The summed E-state index contributed by atoms with van der Waals surface area (Å²) < 4.78 is 25.0. The zero-order valence-electron chi connectivity index (χ0n) is 10.7. The number of aryl methyl sites for hydroxylation is 2. The molecule has 0 aromatic carbocycles. The summed E-state index contributed by atoms with van der Waals surface area (Å²) in [4.78, 5) is 0. The van der Waals surface area contributed by atoms with Gasteiger partial charge in [-0.3, -0.25) is 4.68 Å². The second kappa shape index (κ2) is 4.39. The molecule has 1 aromatic heterocycles. The van der Waals surface area contributed by atoms with E-state index in [-0.39, 0.29) is 11.5 Å².